The van der Waals surface area contributed by atoms with Crippen LogP contribution in [0.1, 0.15) is 118 Å². The Balaban J connectivity index is 0.000000159. The van der Waals surface area contributed by atoms with Crippen LogP contribution in [-0.2, 0) is 25.9 Å². The van der Waals surface area contributed by atoms with Gasteiger partial charge in [-0.05, 0) is 83.6 Å². The number of likely N-dealkylation sites (tertiary alicyclic amines) is 2. The lowest BCUT2D eigenvalue weighted by molar-refractivity contribution is 0.112. The summed E-state index contributed by atoms with van der Waals surface area (Å²) in [6, 6.07) is 0.676. The predicted molar refractivity (Wildman–Crippen MR) is 222 cm³/mol. The average molecular weight is 803 g/mol. The third-order valence-electron chi connectivity index (χ3n) is 9.86. The molecule has 4 aliphatic rings. The Morgan fingerprint density at radius 1 is 0.804 bits per heavy atom. The van der Waals surface area contributed by atoms with Gasteiger partial charge in [0, 0.05) is 29.1 Å². The lowest BCUT2D eigenvalue weighted by atomic mass is 10.1. The van der Waals surface area contributed by atoms with Crippen LogP contribution in [0.2, 0.25) is 0 Å². The molecule has 8 rings (SSSR count). The Morgan fingerprint density at radius 3 is 2.00 bits per heavy atom. The molecule has 4 aromatic heterocycles. The number of unbranched alkanes of at least 4 members (excludes halogenated alkanes) is 2. The number of nitrogen functional groups attached to an aromatic ring is 2. The van der Waals surface area contributed by atoms with Crippen molar-refractivity contribution in [1.82, 2.24) is 39.7 Å². The normalized spacial score (nSPS) is 16.4. The van der Waals surface area contributed by atoms with Crippen molar-refractivity contribution in [2.75, 3.05) is 50.9 Å². The number of nitrogens with zero attached hydrogens (tertiary/aromatic N) is 8. The van der Waals surface area contributed by atoms with Crippen LogP contribution in [0.4, 0.5) is 11.6 Å². The van der Waals surface area contributed by atoms with Gasteiger partial charge < -0.3 is 26.0 Å². The van der Waals surface area contributed by atoms with Gasteiger partial charge in [0.05, 0.1) is 47.4 Å². The fourth-order valence-electron chi connectivity index (χ4n) is 6.74. The molecule has 2 aliphatic carbocycles. The number of thiazole rings is 2. The number of aliphatic hydroxyl groups excluding tert-OH is 1. The summed E-state index contributed by atoms with van der Waals surface area (Å²) in [7, 11) is 0. The van der Waals surface area contributed by atoms with E-state index in [2.05, 4.69) is 53.6 Å². The third-order valence-corrected chi connectivity index (χ3v) is 11.8. The smallest absolute Gasteiger partial charge is 0.318 e. The van der Waals surface area contributed by atoms with Gasteiger partial charge in [-0.3, -0.25) is 14.6 Å². The highest BCUT2D eigenvalue weighted by Crippen LogP contribution is 2.40. The number of hydrogen-bond donors (Lipinski definition) is 3. The zero-order chi connectivity index (χ0) is 39.3. The predicted octanol–water partition coefficient (Wildman–Crippen LogP) is 6.32. The van der Waals surface area contributed by atoms with E-state index >= 15 is 0 Å². The third kappa shape index (κ3) is 11.2. The molecule has 0 spiro atoms. The van der Waals surface area contributed by atoms with Crippen molar-refractivity contribution in [2.24, 2.45) is 0 Å². The SMILES string of the molecule is CCCCOc1nc(N)c2c(n1)C(C(O)c1cnc(CN3CCCC3)s1)=CC2.CCCCOc1nc(N)c2c(n1)C=CC2.O=Cc1cnc(CN2CCCC2)s1. The summed E-state index contributed by atoms with van der Waals surface area (Å²) in [6.45, 7) is 11.8. The second-order valence-corrected chi connectivity index (χ2v) is 16.4. The van der Waals surface area contributed by atoms with E-state index < -0.39 is 6.10 Å². The van der Waals surface area contributed by atoms with Gasteiger partial charge in [-0.15, -0.1) is 22.7 Å². The number of nitrogens with two attached hydrogens (primary N) is 2. The Bertz CT molecular complexity index is 1950. The first-order valence-electron chi connectivity index (χ1n) is 19.8. The van der Waals surface area contributed by atoms with Crippen molar-refractivity contribution in [3.8, 4) is 12.0 Å². The zero-order valence-electron chi connectivity index (χ0n) is 32.5. The quantitative estimate of drug-likeness (QED) is 0.0893. The molecule has 6 heterocycles. The molecule has 2 saturated heterocycles. The van der Waals surface area contributed by atoms with Crippen molar-refractivity contribution in [3.05, 3.63) is 66.8 Å². The van der Waals surface area contributed by atoms with E-state index in [1.165, 1.54) is 50.1 Å². The minimum absolute atomic E-state index is 0.281. The minimum atomic E-state index is -0.760. The number of ether oxygens (including phenoxy) is 2. The highest BCUT2D eigenvalue weighted by atomic mass is 32.1. The summed E-state index contributed by atoms with van der Waals surface area (Å²) in [5.41, 5.74) is 16.1. The fraction of sp³-hybridized carbons (Fsp3) is 0.525. The van der Waals surface area contributed by atoms with Crippen LogP contribution in [0.5, 0.6) is 12.0 Å². The molecule has 2 aliphatic heterocycles. The standard InChI is InChI=1S/C20H27N5O2S.C11H15N3O.C9H12N2OS/c1-2-3-10-27-20-23-17-13(6-7-14(17)19(21)24-20)18(26)15-11-22-16(28-15)12-25-8-4-5-9-25;1-2-3-7-15-11-13-9-6-4-5-8(9)10(12)14-11;12-7-8-5-10-9(13-8)6-11-3-1-2-4-11/h6,11,18,26H,2-5,7-10,12H2,1H3,(H2,21,23,24);4,6H,2-3,5,7H2,1H3,(H2,12,13,14);5,7H,1-4,6H2. The lowest BCUT2D eigenvalue weighted by Gasteiger charge is -2.13. The maximum atomic E-state index is 11.0. The monoisotopic (exact) mass is 802 g/mol. The van der Waals surface area contributed by atoms with Crippen molar-refractivity contribution in [3.63, 3.8) is 0 Å². The number of hydrogen-bond acceptors (Lipinski definition) is 16. The van der Waals surface area contributed by atoms with Crippen LogP contribution < -0.4 is 20.9 Å². The summed E-state index contributed by atoms with van der Waals surface area (Å²) in [6.07, 6.45) is 20.2. The van der Waals surface area contributed by atoms with Crippen molar-refractivity contribution in [1.29, 1.82) is 0 Å². The van der Waals surface area contributed by atoms with Crippen molar-refractivity contribution < 1.29 is 19.4 Å². The van der Waals surface area contributed by atoms with Crippen LogP contribution >= 0.6 is 22.7 Å². The highest BCUT2D eigenvalue weighted by molar-refractivity contribution is 7.13. The number of carbonyl (C=O) groups excluding carboxylic acids is 1. The highest BCUT2D eigenvalue weighted by Gasteiger charge is 2.28. The van der Waals surface area contributed by atoms with Gasteiger partial charge in [0.2, 0.25) is 0 Å². The number of allylic oxidation sites excluding steroid dienone is 2. The van der Waals surface area contributed by atoms with Gasteiger partial charge >= 0.3 is 12.0 Å². The molecule has 4 aromatic rings. The van der Waals surface area contributed by atoms with E-state index in [1.54, 1.807) is 23.7 Å². The molecule has 0 amide bonds. The Hall–Kier alpha value is -4.35. The summed E-state index contributed by atoms with van der Waals surface area (Å²) in [5.74, 6) is 0.963. The molecule has 0 bridgehead atoms. The van der Waals surface area contributed by atoms with Gasteiger partial charge in [-0.2, -0.15) is 19.9 Å². The average Bonchev–Trinajstić information content (AvgIpc) is 4.05. The summed E-state index contributed by atoms with van der Waals surface area (Å²) in [4.78, 5) is 42.7. The number of aldehydes is 1. The van der Waals surface area contributed by atoms with Crippen LogP contribution in [0, 0.1) is 0 Å². The molecule has 0 radical (unpaired) electrons. The number of carbonyl (C=O) groups is 1. The molecule has 1 atom stereocenters. The molecule has 0 aromatic carbocycles. The van der Waals surface area contributed by atoms with Gasteiger partial charge in [-0.25, -0.2) is 9.97 Å². The minimum Gasteiger partial charge on any atom is -0.463 e. The van der Waals surface area contributed by atoms with E-state index in [0.29, 0.717) is 43.0 Å². The van der Waals surface area contributed by atoms with Crippen LogP contribution in [0.25, 0.3) is 11.6 Å². The molecule has 5 N–H and O–H groups in total. The number of fused-ring (bicyclic) bond motifs is 2. The molecule has 0 saturated carbocycles. The van der Waals surface area contributed by atoms with Gasteiger partial charge in [0.25, 0.3) is 0 Å². The van der Waals surface area contributed by atoms with E-state index in [1.807, 2.05) is 18.2 Å². The van der Waals surface area contributed by atoms with Crippen LogP contribution in [0.3, 0.4) is 0 Å². The molecule has 300 valence electrons. The Kier molecular flexibility index (Phi) is 15.3. The second kappa shape index (κ2) is 20.7. The van der Waals surface area contributed by atoms with Crippen molar-refractivity contribution in [2.45, 2.75) is 97.2 Å². The van der Waals surface area contributed by atoms with E-state index in [9.17, 15) is 9.90 Å². The Labute approximate surface area is 337 Å². The van der Waals surface area contributed by atoms with Crippen molar-refractivity contribution >= 4 is 52.2 Å². The van der Waals surface area contributed by atoms with Gasteiger partial charge in [0.15, 0.2) is 6.29 Å². The van der Waals surface area contributed by atoms with E-state index in [-0.39, 0.29) is 6.01 Å². The topological polar surface area (TPSA) is 192 Å². The number of aromatic nitrogens is 6. The molecule has 2 fully saturated rings. The number of rotatable bonds is 15. The fourth-order valence-corrected chi connectivity index (χ4v) is 8.49. The van der Waals surface area contributed by atoms with E-state index in [4.69, 9.17) is 20.9 Å². The largest absolute Gasteiger partial charge is 0.463 e. The first kappa shape index (κ1) is 41.3. The summed E-state index contributed by atoms with van der Waals surface area (Å²) >= 11 is 3.06. The van der Waals surface area contributed by atoms with Gasteiger partial charge in [-0.1, -0.05) is 38.8 Å². The molecule has 14 nitrogen and oxygen atoms in total. The lowest BCUT2D eigenvalue weighted by Crippen LogP contribution is -2.17. The molecule has 16 heteroatoms. The summed E-state index contributed by atoms with van der Waals surface area (Å²) in [5, 5.41) is 13.1. The molecule has 1 unspecified atom stereocenters. The van der Waals surface area contributed by atoms with Crippen LogP contribution in [0.15, 0.2) is 24.5 Å². The maximum Gasteiger partial charge on any atom is 0.318 e. The Morgan fingerprint density at radius 2 is 1.39 bits per heavy atom. The van der Waals surface area contributed by atoms with Crippen LogP contribution in [-0.4, -0.2) is 90.5 Å². The second-order valence-electron chi connectivity index (χ2n) is 14.1. The first-order chi connectivity index (χ1) is 27.3. The number of aliphatic hydroxyl groups is 1. The maximum absolute atomic E-state index is 11.0. The zero-order valence-corrected chi connectivity index (χ0v) is 34.1. The molecular weight excluding hydrogens is 749 g/mol. The molecule has 56 heavy (non-hydrogen) atoms. The number of anilines is 2. The first-order valence-corrected chi connectivity index (χ1v) is 21.4. The molecular formula is C40H54N10O4S2. The van der Waals surface area contributed by atoms with Gasteiger partial charge in [0.1, 0.15) is 27.8 Å². The van der Waals surface area contributed by atoms with E-state index in [0.717, 1.165) is 107 Å². The summed E-state index contributed by atoms with van der Waals surface area (Å²) < 4.78 is 11.1.